The summed E-state index contributed by atoms with van der Waals surface area (Å²) in [6.45, 7) is 3.45. The molecule has 2 aromatic heterocycles. The molecule has 1 amide bonds. The minimum atomic E-state index is -0.300. The van der Waals surface area contributed by atoms with Gasteiger partial charge < -0.3 is 9.88 Å². The average Bonchev–Trinajstić information content (AvgIpc) is 3.17. The molecule has 0 aliphatic heterocycles. The molecule has 0 saturated carbocycles. The van der Waals surface area contributed by atoms with Gasteiger partial charge >= 0.3 is 5.69 Å². The van der Waals surface area contributed by atoms with Crippen molar-refractivity contribution in [1.82, 2.24) is 24.0 Å². The van der Waals surface area contributed by atoms with Crippen LogP contribution >= 0.6 is 0 Å². The largest absolute Gasteiger partial charge is 0.356 e. The first kappa shape index (κ1) is 25.9. The minimum absolute atomic E-state index is 0.187. The van der Waals surface area contributed by atoms with Gasteiger partial charge in [0.2, 0.25) is 5.91 Å². The molecule has 180 valence electrons. The number of aryl methyl sites for hydroxylation is 2. The highest BCUT2D eigenvalue weighted by atomic mass is 16.2. The molecule has 0 unspecified atom stereocenters. The number of nitrogens with zero attached hydrogens (tertiary/aromatic N) is 4. The third-order valence-corrected chi connectivity index (χ3v) is 6.09. The zero-order valence-electron chi connectivity index (χ0n) is 20.2. The van der Waals surface area contributed by atoms with Crippen LogP contribution in [0.5, 0.6) is 0 Å². The van der Waals surface area contributed by atoms with Crippen LogP contribution in [-0.2, 0) is 25.4 Å². The Bertz CT molecular complexity index is 957. The van der Waals surface area contributed by atoms with Crippen LogP contribution in [0.3, 0.4) is 0 Å². The van der Waals surface area contributed by atoms with E-state index in [2.05, 4.69) is 17.2 Å². The Morgan fingerprint density at radius 3 is 2.22 bits per heavy atom. The Morgan fingerprint density at radius 2 is 1.53 bits per heavy atom. The average molecular weight is 448 g/mol. The van der Waals surface area contributed by atoms with Crippen molar-refractivity contribution in [2.45, 2.75) is 96.9 Å². The molecule has 32 heavy (non-hydrogen) atoms. The zero-order valence-corrected chi connectivity index (χ0v) is 20.2. The van der Waals surface area contributed by atoms with E-state index in [1.54, 1.807) is 25.0 Å². The van der Waals surface area contributed by atoms with Crippen LogP contribution in [0.25, 0.3) is 11.2 Å². The lowest BCUT2D eigenvalue weighted by Crippen LogP contribution is -2.39. The summed E-state index contributed by atoms with van der Waals surface area (Å²) in [5.74, 6) is 0.187. The fraction of sp³-hybridized carbons (Fsp3) is 0.750. The van der Waals surface area contributed by atoms with Gasteiger partial charge in [-0.25, -0.2) is 9.78 Å². The van der Waals surface area contributed by atoms with Gasteiger partial charge in [0.15, 0.2) is 11.2 Å². The normalized spacial score (nSPS) is 11.3. The fourth-order valence-corrected chi connectivity index (χ4v) is 4.08. The van der Waals surface area contributed by atoms with Crippen molar-refractivity contribution in [1.29, 1.82) is 0 Å². The number of amides is 1. The highest BCUT2D eigenvalue weighted by Gasteiger charge is 2.14. The first-order chi connectivity index (χ1) is 15.5. The predicted octanol–water partition coefficient (Wildman–Crippen LogP) is 3.64. The van der Waals surface area contributed by atoms with Gasteiger partial charge in [0.1, 0.15) is 0 Å². The fourth-order valence-electron chi connectivity index (χ4n) is 4.08. The predicted molar refractivity (Wildman–Crippen MR) is 129 cm³/mol. The van der Waals surface area contributed by atoms with Crippen molar-refractivity contribution in [3.8, 4) is 0 Å². The number of imidazole rings is 1. The SMILES string of the molecule is CCCCCCNC(=O)CCCCCCCCCCn1c(=O)c2c(ncn2C)n(C)c1=O. The van der Waals surface area contributed by atoms with E-state index in [0.29, 0.717) is 24.1 Å². The molecule has 0 bridgehead atoms. The van der Waals surface area contributed by atoms with Crippen molar-refractivity contribution in [3.05, 3.63) is 27.2 Å². The molecule has 0 atom stereocenters. The molecule has 0 spiro atoms. The molecular formula is C24H41N5O3. The summed E-state index contributed by atoms with van der Waals surface area (Å²) in [5, 5.41) is 3.01. The van der Waals surface area contributed by atoms with Crippen molar-refractivity contribution in [2.75, 3.05) is 6.54 Å². The topological polar surface area (TPSA) is 90.9 Å². The Balaban J connectivity index is 1.55. The number of nitrogens with one attached hydrogen (secondary N) is 1. The number of fused-ring (bicyclic) bond motifs is 1. The van der Waals surface area contributed by atoms with Crippen molar-refractivity contribution < 1.29 is 4.79 Å². The number of unbranched alkanes of at least 4 members (excludes halogenated alkanes) is 10. The summed E-state index contributed by atoms with van der Waals surface area (Å²) in [4.78, 5) is 41.1. The number of hydrogen-bond donors (Lipinski definition) is 1. The summed E-state index contributed by atoms with van der Waals surface area (Å²) in [6, 6.07) is 0. The molecular weight excluding hydrogens is 406 g/mol. The molecule has 2 rings (SSSR count). The van der Waals surface area contributed by atoms with Crippen LogP contribution in [0, 0.1) is 0 Å². The summed E-state index contributed by atoms with van der Waals surface area (Å²) in [6.07, 6.45) is 15.4. The van der Waals surface area contributed by atoms with Crippen LogP contribution in [-0.4, -0.2) is 31.1 Å². The van der Waals surface area contributed by atoms with E-state index < -0.39 is 0 Å². The van der Waals surface area contributed by atoms with E-state index >= 15 is 0 Å². The Hall–Kier alpha value is -2.38. The Morgan fingerprint density at radius 1 is 0.906 bits per heavy atom. The maximum absolute atomic E-state index is 12.7. The molecule has 2 aromatic rings. The maximum Gasteiger partial charge on any atom is 0.332 e. The number of carbonyl (C=O) groups excluding carboxylic acids is 1. The summed E-state index contributed by atoms with van der Waals surface area (Å²) < 4.78 is 4.45. The number of aromatic nitrogens is 4. The lowest BCUT2D eigenvalue weighted by atomic mass is 10.1. The number of hydrogen-bond acceptors (Lipinski definition) is 4. The molecule has 0 aliphatic rings. The lowest BCUT2D eigenvalue weighted by molar-refractivity contribution is -0.121. The first-order valence-electron chi connectivity index (χ1n) is 12.3. The van der Waals surface area contributed by atoms with Crippen LogP contribution in [0.1, 0.15) is 90.4 Å². The van der Waals surface area contributed by atoms with Gasteiger partial charge in [0.05, 0.1) is 6.33 Å². The molecule has 0 saturated heterocycles. The van der Waals surface area contributed by atoms with Crippen LogP contribution < -0.4 is 16.6 Å². The van der Waals surface area contributed by atoms with Gasteiger partial charge in [0, 0.05) is 33.6 Å². The molecule has 0 radical (unpaired) electrons. The van der Waals surface area contributed by atoms with E-state index in [0.717, 1.165) is 57.9 Å². The highest BCUT2D eigenvalue weighted by Crippen LogP contribution is 2.10. The smallest absolute Gasteiger partial charge is 0.332 e. The van der Waals surface area contributed by atoms with Crippen LogP contribution in [0.15, 0.2) is 15.9 Å². The second-order valence-corrected chi connectivity index (χ2v) is 8.82. The van der Waals surface area contributed by atoms with E-state index in [1.807, 2.05) is 0 Å². The molecule has 8 nitrogen and oxygen atoms in total. The van der Waals surface area contributed by atoms with Crippen molar-refractivity contribution in [3.63, 3.8) is 0 Å². The number of rotatable bonds is 16. The standard InChI is InChI=1S/C24H41N5O3/c1-4-5-6-14-17-25-20(30)16-13-11-9-7-8-10-12-15-18-29-23(31)21-22(26-19-27(21)2)28(3)24(29)32/h19H,4-18H2,1-3H3,(H,25,30). The zero-order chi connectivity index (χ0) is 23.3. The second-order valence-electron chi connectivity index (χ2n) is 8.82. The van der Waals surface area contributed by atoms with Gasteiger partial charge in [-0.1, -0.05) is 64.7 Å². The summed E-state index contributed by atoms with van der Waals surface area (Å²) in [5.41, 5.74) is 0.347. The van der Waals surface area contributed by atoms with E-state index in [4.69, 9.17) is 0 Å². The van der Waals surface area contributed by atoms with Crippen molar-refractivity contribution in [2.24, 2.45) is 14.1 Å². The molecule has 0 fully saturated rings. The van der Waals surface area contributed by atoms with Crippen LogP contribution in [0.2, 0.25) is 0 Å². The maximum atomic E-state index is 12.7. The van der Waals surface area contributed by atoms with Gasteiger partial charge in [-0.15, -0.1) is 0 Å². The highest BCUT2D eigenvalue weighted by molar-refractivity contribution is 5.75. The summed E-state index contributed by atoms with van der Waals surface area (Å²) >= 11 is 0. The first-order valence-corrected chi connectivity index (χ1v) is 12.3. The molecule has 1 N–H and O–H groups in total. The van der Waals surface area contributed by atoms with Gasteiger partial charge in [0.25, 0.3) is 5.56 Å². The molecule has 2 heterocycles. The van der Waals surface area contributed by atoms with E-state index in [-0.39, 0.29) is 17.2 Å². The third-order valence-electron chi connectivity index (χ3n) is 6.09. The van der Waals surface area contributed by atoms with Gasteiger partial charge in [-0.3, -0.25) is 18.7 Å². The van der Waals surface area contributed by atoms with E-state index in [9.17, 15) is 14.4 Å². The third kappa shape index (κ3) is 7.64. The Kier molecular flexibility index (Phi) is 11.2. The molecule has 0 aromatic carbocycles. The molecule has 8 heteroatoms. The van der Waals surface area contributed by atoms with Crippen molar-refractivity contribution >= 4 is 17.1 Å². The second kappa shape index (κ2) is 13.9. The monoisotopic (exact) mass is 447 g/mol. The molecule has 0 aliphatic carbocycles. The lowest BCUT2D eigenvalue weighted by Gasteiger charge is -2.08. The quantitative estimate of drug-likeness (QED) is 0.398. The minimum Gasteiger partial charge on any atom is -0.356 e. The Labute approximate surface area is 191 Å². The summed E-state index contributed by atoms with van der Waals surface area (Å²) in [7, 11) is 3.43. The van der Waals surface area contributed by atoms with Gasteiger partial charge in [-0.2, -0.15) is 0 Å². The number of carbonyl (C=O) groups is 1. The van der Waals surface area contributed by atoms with E-state index in [1.165, 1.54) is 34.8 Å². The van der Waals surface area contributed by atoms with Crippen LogP contribution in [0.4, 0.5) is 0 Å². The van der Waals surface area contributed by atoms with Gasteiger partial charge in [-0.05, 0) is 19.3 Å².